The number of rotatable bonds is 3. The fourth-order valence-corrected chi connectivity index (χ4v) is 1.84. The summed E-state index contributed by atoms with van der Waals surface area (Å²) in [5, 5.41) is 16.3. The van der Waals surface area contributed by atoms with Gasteiger partial charge in [0.05, 0.1) is 9.93 Å². The lowest BCUT2D eigenvalue weighted by molar-refractivity contribution is -0.303. The molecule has 0 radical (unpaired) electrons. The first-order valence-electron chi connectivity index (χ1n) is 4.24. The lowest BCUT2D eigenvalue weighted by Gasteiger charge is -2.02. The van der Waals surface area contributed by atoms with Gasteiger partial charge in [0.1, 0.15) is 17.3 Å². The van der Waals surface area contributed by atoms with Crippen LogP contribution in [0.5, 0.6) is 0 Å². The van der Waals surface area contributed by atoms with Gasteiger partial charge < -0.3 is 15.0 Å². The Bertz CT molecular complexity index is 205. The molecule has 0 saturated carbocycles. The number of carboxylic acids is 2. The van der Waals surface area contributed by atoms with Crippen LogP contribution >= 0.6 is 0 Å². The van der Waals surface area contributed by atoms with E-state index in [1.807, 2.05) is 20.8 Å². The second kappa shape index (κ2) is 7.49. The molecule has 0 aliphatic heterocycles. The van der Waals surface area contributed by atoms with E-state index in [2.05, 4.69) is 0 Å². The molecule has 0 aliphatic rings. The van der Waals surface area contributed by atoms with Crippen LogP contribution in [0, 0.1) is 0 Å². The van der Waals surface area contributed by atoms with Crippen molar-refractivity contribution in [3.8, 4) is 0 Å². The van der Waals surface area contributed by atoms with Gasteiger partial charge in [0.25, 0.3) is 0 Å². The molecule has 84 valence electrons. The van der Waals surface area contributed by atoms with Gasteiger partial charge in [0.2, 0.25) is 0 Å². The van der Waals surface area contributed by atoms with Crippen molar-refractivity contribution in [1.82, 2.24) is 0 Å². The van der Waals surface area contributed by atoms with Crippen LogP contribution in [0.25, 0.3) is 0 Å². The summed E-state index contributed by atoms with van der Waals surface area (Å²) >= 11 is 0. The lowest BCUT2D eigenvalue weighted by atomic mass is 10.7. The van der Waals surface area contributed by atoms with E-state index in [0.29, 0.717) is 0 Å². The first-order chi connectivity index (χ1) is 6.32. The minimum absolute atomic E-state index is 0.847. The van der Waals surface area contributed by atoms with Gasteiger partial charge in [-0.2, -0.15) is 0 Å². The Morgan fingerprint density at radius 3 is 1.36 bits per heavy atom. The second-order valence-corrected chi connectivity index (χ2v) is 6.09. The van der Waals surface area contributed by atoms with E-state index < -0.39 is 21.9 Å². The maximum absolute atomic E-state index is 11.3. The highest BCUT2D eigenvalue weighted by atomic mass is 32.2. The van der Waals surface area contributed by atoms with Crippen LogP contribution in [0.1, 0.15) is 20.8 Å². The fraction of sp³-hybridized carbons (Fsp3) is 0.750. The molecule has 5 nitrogen and oxygen atoms in total. The van der Waals surface area contributed by atoms with E-state index in [0.717, 1.165) is 17.3 Å². The fourth-order valence-electron chi connectivity index (χ4n) is 0.612. The Morgan fingerprint density at radius 1 is 1.14 bits per heavy atom. The molecule has 0 amide bonds. The summed E-state index contributed by atoms with van der Waals surface area (Å²) in [6.07, 6.45) is 0. The van der Waals surface area contributed by atoms with Crippen molar-refractivity contribution in [2.45, 2.75) is 20.8 Å². The molecular weight excluding hydrogens is 208 g/mol. The van der Waals surface area contributed by atoms with E-state index in [4.69, 9.17) is 19.8 Å². The monoisotopic (exact) mass is 224 g/mol. The molecule has 0 aromatic carbocycles. The van der Waals surface area contributed by atoms with Gasteiger partial charge in [-0.15, -0.1) is 4.21 Å². The van der Waals surface area contributed by atoms with Crippen molar-refractivity contribution in [2.75, 3.05) is 17.3 Å². The zero-order chi connectivity index (χ0) is 11.8. The van der Waals surface area contributed by atoms with Crippen molar-refractivity contribution < 1.29 is 24.0 Å². The molecule has 0 fully saturated rings. The second-order valence-electron chi connectivity index (χ2n) is 2.42. The molecule has 0 aliphatic carbocycles. The molecule has 0 saturated heterocycles. The average molecular weight is 224 g/mol. The molecule has 0 aromatic rings. The number of carbonyl (C=O) groups is 2. The standard InChI is InChI=1S/C6H15OS.C2H2O4/c1-4-8(7,5-2)6-3;3-1(4)2(5)6/h4-6H2,1-3H3;(H,3,4)(H,5,6)/q+1;/p-1. The summed E-state index contributed by atoms with van der Waals surface area (Å²) < 4.78 is 11.3. The summed E-state index contributed by atoms with van der Waals surface area (Å²) in [4.78, 5) is 18.0. The molecule has 0 rings (SSSR count). The number of carboxylic acid groups (broad SMARTS) is 2. The van der Waals surface area contributed by atoms with Crippen LogP contribution in [-0.2, 0) is 23.7 Å². The zero-order valence-corrected chi connectivity index (χ0v) is 9.43. The SMILES string of the molecule is CC[S+](=O)(CC)CC.O=C([O-])C(=O)O. The maximum atomic E-state index is 11.3. The zero-order valence-electron chi connectivity index (χ0n) is 8.61. The summed E-state index contributed by atoms with van der Waals surface area (Å²) in [7, 11) is -1.40. The van der Waals surface area contributed by atoms with Crippen molar-refractivity contribution in [3.63, 3.8) is 0 Å². The molecule has 6 heteroatoms. The largest absolute Gasteiger partial charge is 0.539 e. The molecule has 0 aromatic heterocycles. The summed E-state index contributed by atoms with van der Waals surface area (Å²) in [5.41, 5.74) is 0. The Balaban J connectivity index is 0. The predicted molar refractivity (Wildman–Crippen MR) is 52.3 cm³/mol. The molecular formula is C8H16O5S. The van der Waals surface area contributed by atoms with Crippen molar-refractivity contribution >= 4 is 21.9 Å². The Kier molecular flexibility index (Phi) is 8.32. The van der Waals surface area contributed by atoms with Gasteiger partial charge in [0, 0.05) is 0 Å². The van der Waals surface area contributed by atoms with Crippen molar-refractivity contribution in [3.05, 3.63) is 0 Å². The third-order valence-corrected chi connectivity index (χ3v) is 4.91. The maximum Gasteiger partial charge on any atom is 0.351 e. The molecule has 0 heterocycles. The van der Waals surface area contributed by atoms with E-state index in [1.54, 1.807) is 0 Å². The number of hydrogen-bond donors (Lipinski definition) is 1. The van der Waals surface area contributed by atoms with E-state index in [9.17, 15) is 4.21 Å². The van der Waals surface area contributed by atoms with Crippen LogP contribution in [0.2, 0.25) is 0 Å². The van der Waals surface area contributed by atoms with Crippen LogP contribution in [0.15, 0.2) is 0 Å². The molecule has 1 N–H and O–H groups in total. The van der Waals surface area contributed by atoms with Crippen LogP contribution in [0.4, 0.5) is 0 Å². The first-order valence-corrected chi connectivity index (χ1v) is 6.31. The van der Waals surface area contributed by atoms with Gasteiger partial charge >= 0.3 is 5.97 Å². The molecule has 14 heavy (non-hydrogen) atoms. The Labute approximate surface area is 84.6 Å². The summed E-state index contributed by atoms with van der Waals surface area (Å²) in [5.74, 6) is -1.47. The lowest BCUT2D eigenvalue weighted by Crippen LogP contribution is -2.30. The third kappa shape index (κ3) is 7.72. The Morgan fingerprint density at radius 2 is 1.36 bits per heavy atom. The van der Waals surface area contributed by atoms with E-state index >= 15 is 0 Å². The van der Waals surface area contributed by atoms with Gasteiger partial charge in [0.15, 0.2) is 5.97 Å². The summed E-state index contributed by atoms with van der Waals surface area (Å²) in [6, 6.07) is 0. The molecule has 0 unspecified atom stereocenters. The molecule has 0 atom stereocenters. The van der Waals surface area contributed by atoms with Crippen LogP contribution in [0.3, 0.4) is 0 Å². The van der Waals surface area contributed by atoms with Gasteiger partial charge in [-0.3, -0.25) is 0 Å². The smallest absolute Gasteiger partial charge is 0.351 e. The summed E-state index contributed by atoms with van der Waals surface area (Å²) in [6.45, 7) is 5.99. The third-order valence-electron chi connectivity index (χ3n) is 1.75. The van der Waals surface area contributed by atoms with Gasteiger partial charge in [-0.25, -0.2) is 4.79 Å². The number of hydrogen-bond acceptors (Lipinski definition) is 4. The predicted octanol–water partition coefficient (Wildman–Crippen LogP) is -0.633. The highest BCUT2D eigenvalue weighted by Crippen LogP contribution is 2.02. The molecule has 0 bridgehead atoms. The first kappa shape index (κ1) is 15.6. The van der Waals surface area contributed by atoms with Gasteiger partial charge in [-0.05, 0) is 20.8 Å². The van der Waals surface area contributed by atoms with Gasteiger partial charge in [-0.1, -0.05) is 0 Å². The van der Waals surface area contributed by atoms with Crippen molar-refractivity contribution in [1.29, 1.82) is 0 Å². The van der Waals surface area contributed by atoms with Crippen LogP contribution < -0.4 is 5.11 Å². The average Bonchev–Trinajstić information content (AvgIpc) is 2.17. The normalized spacial score (nSPS) is 9.93. The Hall–Kier alpha value is -0.910. The number of aliphatic carboxylic acids is 2. The van der Waals surface area contributed by atoms with E-state index in [1.165, 1.54) is 0 Å². The molecule has 0 spiro atoms. The van der Waals surface area contributed by atoms with E-state index in [-0.39, 0.29) is 0 Å². The minimum atomic E-state index is -2.07. The van der Waals surface area contributed by atoms with Crippen molar-refractivity contribution in [2.24, 2.45) is 0 Å². The topological polar surface area (TPSA) is 94.5 Å². The highest BCUT2D eigenvalue weighted by molar-refractivity contribution is 8.02. The van der Waals surface area contributed by atoms with Crippen LogP contribution in [-0.4, -0.2) is 34.3 Å². The highest BCUT2D eigenvalue weighted by Gasteiger charge is 2.17. The minimum Gasteiger partial charge on any atom is -0.539 e. The number of carbonyl (C=O) groups excluding carboxylic acids is 1. The quantitative estimate of drug-likeness (QED) is 0.508.